The van der Waals surface area contributed by atoms with Crippen molar-refractivity contribution in [1.82, 2.24) is 0 Å². The van der Waals surface area contributed by atoms with E-state index in [1.165, 1.54) is 0 Å². The third kappa shape index (κ3) is 14.1. The summed E-state index contributed by atoms with van der Waals surface area (Å²) in [5.41, 5.74) is 3.94. The van der Waals surface area contributed by atoms with Gasteiger partial charge in [-0.3, -0.25) is 0 Å². The molecule has 0 aromatic heterocycles. The Bertz CT molecular complexity index is 148. The van der Waals surface area contributed by atoms with E-state index in [-0.39, 0.29) is 0 Å². The molecule has 0 atom stereocenters. The van der Waals surface area contributed by atoms with E-state index >= 15 is 0 Å². The van der Waals surface area contributed by atoms with Crippen LogP contribution in [0.25, 0.3) is 0 Å². The largest absolute Gasteiger partial charge is 0.394 e. The normalized spacial score (nSPS) is 11.3. The van der Waals surface area contributed by atoms with Crippen LogP contribution in [0.15, 0.2) is 0 Å². The maximum absolute atomic E-state index is 8.34. The molecule has 0 unspecified atom stereocenters. The van der Waals surface area contributed by atoms with Gasteiger partial charge in [-0.15, -0.1) is 0 Å². The Morgan fingerprint density at radius 1 is 1.06 bits per heavy atom. The van der Waals surface area contributed by atoms with Crippen LogP contribution in [0.5, 0.6) is 0 Å². The minimum Gasteiger partial charge on any atom is -0.394 e. The van der Waals surface area contributed by atoms with Gasteiger partial charge >= 0.3 is 8.60 Å². The molecule has 0 rings (SSSR count). The van der Waals surface area contributed by atoms with Gasteiger partial charge in [-0.05, 0) is 6.42 Å². The topological polar surface area (TPSA) is 136 Å². The zero-order valence-corrected chi connectivity index (χ0v) is 11.0. The van der Waals surface area contributed by atoms with E-state index in [0.717, 1.165) is 19.3 Å². The first-order chi connectivity index (χ1) is 7.95. The fourth-order valence-corrected chi connectivity index (χ4v) is 0.941. The summed E-state index contributed by atoms with van der Waals surface area (Å²) in [6.45, 7) is 1.34. The highest BCUT2D eigenvalue weighted by molar-refractivity contribution is 7.39. The fourth-order valence-electron chi connectivity index (χ4n) is 0.648. The number of rotatable bonds is 8. The molecular weight excluding hydrogens is 249 g/mol. The van der Waals surface area contributed by atoms with Gasteiger partial charge in [0, 0.05) is 0 Å². The summed E-state index contributed by atoms with van der Waals surface area (Å²) in [7, 11) is -2.12. The van der Waals surface area contributed by atoms with Crippen LogP contribution in [0.3, 0.4) is 0 Å². The lowest BCUT2D eigenvalue weighted by molar-refractivity contribution is 0.0697. The number of hydrogen-bond donors (Lipinski definition) is 6. The molecule has 17 heavy (non-hydrogen) atoms. The Hall–Kier alpha value is 0.150. The van der Waals surface area contributed by atoms with Crippen LogP contribution in [0.2, 0.25) is 0 Å². The molecule has 0 radical (unpaired) electrons. The predicted molar refractivity (Wildman–Crippen MR) is 65.0 cm³/mol. The lowest BCUT2D eigenvalue weighted by atomic mass is 10.1. The third-order valence-electron chi connectivity index (χ3n) is 1.90. The van der Waals surface area contributed by atoms with Crippen LogP contribution >= 0.6 is 8.60 Å². The molecule has 7 N–H and O–H groups in total. The average molecular weight is 273 g/mol. The highest BCUT2D eigenvalue weighted by Crippen LogP contribution is 2.24. The number of nitrogens with two attached hydrogens (primary N) is 1. The number of aliphatic hydroxyl groups excluding tert-OH is 3. The standard InChI is InChI=1S/C5H13O3P.C4H11NO3/c1-2-3-4-5-8-9(6)7;5-4(1-6,2-7)3-8/h6-7H,2-5H2,1H3;6-8H,1-3,5H2. The van der Waals surface area contributed by atoms with E-state index in [0.29, 0.717) is 6.61 Å². The zero-order chi connectivity index (χ0) is 13.7. The SMILES string of the molecule is CCCCCOP(O)O.NC(CO)(CO)CO. The minimum absolute atomic E-state index is 0.403. The van der Waals surface area contributed by atoms with Crippen LogP contribution in [-0.4, -0.2) is 57.1 Å². The maximum Gasteiger partial charge on any atom is 0.327 e. The first-order valence-corrected chi connectivity index (χ1v) is 6.54. The molecule has 106 valence electrons. The summed E-state index contributed by atoms with van der Waals surface area (Å²) in [5, 5.41) is 25.0. The van der Waals surface area contributed by atoms with Gasteiger partial charge in [0.05, 0.1) is 32.0 Å². The van der Waals surface area contributed by atoms with Crippen molar-refractivity contribution in [2.45, 2.75) is 31.7 Å². The van der Waals surface area contributed by atoms with Gasteiger partial charge in [-0.1, -0.05) is 19.8 Å². The van der Waals surface area contributed by atoms with Crippen molar-refractivity contribution in [3.05, 3.63) is 0 Å². The average Bonchev–Trinajstić information content (AvgIpc) is 2.34. The second kappa shape index (κ2) is 12.6. The van der Waals surface area contributed by atoms with Gasteiger partial charge in [0.15, 0.2) is 0 Å². The molecule has 0 aromatic rings. The quantitative estimate of drug-likeness (QED) is 0.248. The molecule has 0 heterocycles. The van der Waals surface area contributed by atoms with Crippen molar-refractivity contribution < 1.29 is 29.6 Å². The molecule has 0 aliphatic rings. The van der Waals surface area contributed by atoms with Crippen LogP contribution in [0.4, 0.5) is 0 Å². The van der Waals surface area contributed by atoms with Gasteiger partial charge in [-0.2, -0.15) is 0 Å². The summed E-state index contributed by atoms with van der Waals surface area (Å²) in [6, 6.07) is 0. The zero-order valence-electron chi connectivity index (χ0n) is 10.1. The van der Waals surface area contributed by atoms with Crippen LogP contribution in [-0.2, 0) is 4.52 Å². The first kappa shape index (κ1) is 19.5. The summed E-state index contributed by atoms with van der Waals surface area (Å²) >= 11 is 0. The molecule has 0 fully saturated rings. The second-order valence-corrected chi connectivity index (χ2v) is 4.39. The maximum atomic E-state index is 8.34. The smallest absolute Gasteiger partial charge is 0.327 e. The van der Waals surface area contributed by atoms with E-state index in [9.17, 15) is 0 Å². The first-order valence-electron chi connectivity index (χ1n) is 5.38. The molecule has 0 amide bonds. The van der Waals surface area contributed by atoms with Crippen molar-refractivity contribution in [2.75, 3.05) is 26.4 Å². The Kier molecular flexibility index (Phi) is 14.4. The number of aliphatic hydroxyl groups is 3. The van der Waals surface area contributed by atoms with Gasteiger partial charge in [0.2, 0.25) is 0 Å². The fraction of sp³-hybridized carbons (Fsp3) is 1.00. The lowest BCUT2D eigenvalue weighted by Crippen LogP contribution is -2.50. The molecule has 0 saturated heterocycles. The molecule has 8 heteroatoms. The summed E-state index contributed by atoms with van der Waals surface area (Å²) in [6.07, 6.45) is 3.12. The molecule has 0 aromatic carbocycles. The van der Waals surface area contributed by atoms with Crippen LogP contribution in [0, 0.1) is 0 Å². The summed E-state index contributed by atoms with van der Waals surface area (Å²) < 4.78 is 4.52. The Morgan fingerprint density at radius 3 is 1.76 bits per heavy atom. The number of hydrogen-bond acceptors (Lipinski definition) is 7. The monoisotopic (exact) mass is 273 g/mol. The Balaban J connectivity index is 0. The van der Waals surface area contributed by atoms with E-state index in [4.69, 9.17) is 30.8 Å². The van der Waals surface area contributed by atoms with Crippen molar-refractivity contribution in [3.8, 4) is 0 Å². The van der Waals surface area contributed by atoms with Gasteiger partial charge in [-0.25, -0.2) is 0 Å². The highest BCUT2D eigenvalue weighted by Gasteiger charge is 2.20. The Morgan fingerprint density at radius 2 is 1.53 bits per heavy atom. The van der Waals surface area contributed by atoms with Gasteiger partial charge in [0.25, 0.3) is 0 Å². The van der Waals surface area contributed by atoms with Crippen molar-refractivity contribution in [1.29, 1.82) is 0 Å². The summed E-state index contributed by atoms with van der Waals surface area (Å²) in [5.74, 6) is 0. The van der Waals surface area contributed by atoms with Crippen molar-refractivity contribution >= 4 is 8.60 Å². The van der Waals surface area contributed by atoms with Crippen LogP contribution in [0.1, 0.15) is 26.2 Å². The summed E-state index contributed by atoms with van der Waals surface area (Å²) in [4.78, 5) is 16.5. The van der Waals surface area contributed by atoms with Gasteiger partial charge in [0.1, 0.15) is 0 Å². The molecule has 0 saturated carbocycles. The highest BCUT2D eigenvalue weighted by atomic mass is 31.2. The molecule has 7 nitrogen and oxygen atoms in total. The molecule has 0 aliphatic carbocycles. The minimum atomic E-state index is -2.12. The van der Waals surface area contributed by atoms with E-state index in [1.807, 2.05) is 0 Å². The second-order valence-electron chi connectivity index (χ2n) is 3.63. The lowest BCUT2D eigenvalue weighted by Gasteiger charge is -2.20. The molecule has 0 bridgehead atoms. The van der Waals surface area contributed by atoms with Crippen LogP contribution < -0.4 is 5.73 Å². The Labute approximate surface area is 103 Å². The van der Waals surface area contributed by atoms with Crippen molar-refractivity contribution in [3.63, 3.8) is 0 Å². The predicted octanol–water partition coefficient (Wildman–Crippen LogP) is -0.935. The van der Waals surface area contributed by atoms with E-state index < -0.39 is 34.0 Å². The molecule has 0 spiro atoms. The van der Waals surface area contributed by atoms with Gasteiger partial charge < -0.3 is 35.4 Å². The molecular formula is C9H24NO6P. The third-order valence-corrected chi connectivity index (χ3v) is 2.31. The van der Waals surface area contributed by atoms with E-state index in [1.54, 1.807) is 0 Å². The number of unbranched alkanes of at least 4 members (excludes halogenated alkanes) is 2. The molecule has 0 aliphatic heterocycles. The van der Waals surface area contributed by atoms with Crippen molar-refractivity contribution in [2.24, 2.45) is 5.73 Å². The van der Waals surface area contributed by atoms with E-state index in [2.05, 4.69) is 11.4 Å².